The van der Waals surface area contributed by atoms with E-state index in [1.165, 1.54) is 12.8 Å². The van der Waals surface area contributed by atoms with Crippen molar-refractivity contribution in [2.45, 2.75) is 65.1 Å². The Morgan fingerprint density at radius 1 is 1.05 bits per heavy atom. The number of nitrogens with one attached hydrogen (secondary N) is 1. The summed E-state index contributed by atoms with van der Waals surface area (Å²) in [5.74, 6) is 0. The van der Waals surface area contributed by atoms with Gasteiger partial charge in [-0.25, -0.2) is 0 Å². The average molecular weight is 294 g/mol. The second kappa shape index (κ2) is 7.64. The topological polar surface area (TPSA) is 15.3 Å². The molecule has 0 unspecified atom stereocenters. The summed E-state index contributed by atoms with van der Waals surface area (Å²) in [7, 11) is 0. The van der Waals surface area contributed by atoms with Gasteiger partial charge in [0.25, 0.3) is 0 Å². The molecule has 1 aliphatic carbocycles. The summed E-state index contributed by atoms with van der Waals surface area (Å²) in [6.07, 6.45) is 0.917. The Balaban J connectivity index is 2.61. The molecule has 0 spiro atoms. The highest BCUT2D eigenvalue weighted by Gasteiger charge is 2.36. The van der Waals surface area contributed by atoms with Crippen LogP contribution in [-0.4, -0.2) is 43.3 Å². The molecule has 0 bridgehead atoms. The van der Waals surface area contributed by atoms with Gasteiger partial charge >= 0.3 is 6.18 Å². The summed E-state index contributed by atoms with van der Waals surface area (Å²) >= 11 is 0. The molecule has 0 atom stereocenters. The lowest BCUT2D eigenvalue weighted by atomic mass is 9.81. The van der Waals surface area contributed by atoms with Gasteiger partial charge in [-0.2, -0.15) is 13.2 Å². The Bertz CT molecular complexity index is 271. The molecule has 0 aliphatic heterocycles. The molecule has 1 N–H and O–H groups in total. The molecule has 1 aliphatic rings. The van der Waals surface area contributed by atoms with Crippen molar-refractivity contribution in [3.63, 3.8) is 0 Å². The van der Waals surface area contributed by atoms with E-state index in [0.717, 1.165) is 25.8 Å². The van der Waals surface area contributed by atoms with Crippen molar-refractivity contribution in [2.24, 2.45) is 5.41 Å². The lowest BCUT2D eigenvalue weighted by Gasteiger charge is -2.38. The smallest absolute Gasteiger partial charge is 0.313 e. The Morgan fingerprint density at radius 3 is 2.05 bits per heavy atom. The minimum Gasteiger partial charge on any atom is -0.313 e. The first kappa shape index (κ1) is 17.8. The third kappa shape index (κ3) is 6.44. The van der Waals surface area contributed by atoms with Crippen molar-refractivity contribution in [3.05, 3.63) is 0 Å². The normalized spacial score (nSPS) is 16.9. The second-order valence-corrected chi connectivity index (χ2v) is 6.19. The zero-order valence-electron chi connectivity index (χ0n) is 13.0. The Hall–Kier alpha value is -0.290. The van der Waals surface area contributed by atoms with Crippen LogP contribution in [0.4, 0.5) is 13.2 Å². The number of hydrogen-bond donors (Lipinski definition) is 1. The maximum atomic E-state index is 12.7. The summed E-state index contributed by atoms with van der Waals surface area (Å²) in [6.45, 7) is 7.23. The fourth-order valence-corrected chi connectivity index (χ4v) is 2.69. The number of hydrogen-bond acceptors (Lipinski definition) is 2. The summed E-state index contributed by atoms with van der Waals surface area (Å²) in [5.41, 5.74) is -0.0387. The van der Waals surface area contributed by atoms with Crippen LogP contribution in [0.5, 0.6) is 0 Å². The molecular weight excluding hydrogens is 265 g/mol. The number of rotatable bonds is 10. The van der Waals surface area contributed by atoms with Gasteiger partial charge in [0, 0.05) is 19.1 Å². The van der Waals surface area contributed by atoms with Crippen LogP contribution in [-0.2, 0) is 0 Å². The van der Waals surface area contributed by atoms with Gasteiger partial charge in [-0.05, 0) is 44.1 Å². The maximum Gasteiger partial charge on any atom is 0.401 e. The average Bonchev–Trinajstić information content (AvgIpc) is 3.17. The summed E-state index contributed by atoms with van der Waals surface area (Å²) in [5, 5.41) is 3.50. The molecule has 1 rings (SSSR count). The summed E-state index contributed by atoms with van der Waals surface area (Å²) in [6, 6.07) is 0.606. The third-order valence-corrected chi connectivity index (χ3v) is 4.34. The van der Waals surface area contributed by atoms with E-state index in [-0.39, 0.29) is 5.41 Å². The van der Waals surface area contributed by atoms with E-state index < -0.39 is 12.7 Å². The van der Waals surface area contributed by atoms with Crippen LogP contribution in [0.3, 0.4) is 0 Å². The highest BCUT2D eigenvalue weighted by molar-refractivity contribution is 4.88. The van der Waals surface area contributed by atoms with Gasteiger partial charge in [-0.1, -0.05) is 20.8 Å². The van der Waals surface area contributed by atoms with E-state index in [1.807, 2.05) is 6.92 Å². The zero-order chi connectivity index (χ0) is 15.2. The van der Waals surface area contributed by atoms with Gasteiger partial charge in [-0.3, -0.25) is 4.90 Å². The van der Waals surface area contributed by atoms with Gasteiger partial charge in [0.15, 0.2) is 0 Å². The first-order chi connectivity index (χ1) is 9.34. The van der Waals surface area contributed by atoms with E-state index in [9.17, 15) is 13.2 Å². The first-order valence-corrected chi connectivity index (χ1v) is 7.86. The van der Waals surface area contributed by atoms with Gasteiger partial charge in [0.1, 0.15) is 0 Å². The SMILES string of the molecule is CCCN(CC(F)(F)F)CC(CC)(CC)CNC1CC1. The van der Waals surface area contributed by atoms with Crippen molar-refractivity contribution in [1.29, 1.82) is 0 Å². The first-order valence-electron chi connectivity index (χ1n) is 7.86. The van der Waals surface area contributed by atoms with E-state index >= 15 is 0 Å². The predicted molar refractivity (Wildman–Crippen MR) is 76.8 cm³/mol. The Morgan fingerprint density at radius 2 is 1.65 bits per heavy atom. The van der Waals surface area contributed by atoms with Crippen LogP contribution < -0.4 is 5.32 Å². The molecular formula is C15H29F3N2. The highest BCUT2D eigenvalue weighted by Crippen LogP contribution is 2.30. The van der Waals surface area contributed by atoms with Crippen molar-refractivity contribution >= 4 is 0 Å². The van der Waals surface area contributed by atoms with Crippen LogP contribution in [0.1, 0.15) is 52.9 Å². The molecule has 0 aromatic rings. The molecule has 1 fully saturated rings. The van der Waals surface area contributed by atoms with Crippen LogP contribution in [0.15, 0.2) is 0 Å². The molecule has 0 aromatic carbocycles. The fourth-order valence-electron chi connectivity index (χ4n) is 2.69. The Labute approximate surface area is 121 Å². The predicted octanol–water partition coefficient (Wildman–Crippen LogP) is 3.82. The molecule has 0 radical (unpaired) electrons. The van der Waals surface area contributed by atoms with Crippen molar-refractivity contribution < 1.29 is 13.2 Å². The van der Waals surface area contributed by atoms with Crippen molar-refractivity contribution in [3.8, 4) is 0 Å². The number of halogens is 3. The molecule has 120 valence electrons. The molecule has 1 saturated carbocycles. The molecule has 0 heterocycles. The summed E-state index contributed by atoms with van der Waals surface area (Å²) < 4.78 is 38.0. The van der Waals surface area contributed by atoms with Crippen LogP contribution in [0, 0.1) is 5.41 Å². The lowest BCUT2D eigenvalue weighted by Crippen LogP contribution is -2.47. The van der Waals surface area contributed by atoms with E-state index in [4.69, 9.17) is 0 Å². The van der Waals surface area contributed by atoms with Crippen LogP contribution in [0.2, 0.25) is 0 Å². The van der Waals surface area contributed by atoms with Gasteiger partial charge in [0.2, 0.25) is 0 Å². The van der Waals surface area contributed by atoms with Gasteiger partial charge in [0.05, 0.1) is 6.54 Å². The fraction of sp³-hybridized carbons (Fsp3) is 1.00. The van der Waals surface area contributed by atoms with Crippen molar-refractivity contribution in [2.75, 3.05) is 26.2 Å². The largest absolute Gasteiger partial charge is 0.401 e. The number of nitrogens with zero attached hydrogens (tertiary/aromatic N) is 1. The third-order valence-electron chi connectivity index (χ3n) is 4.34. The molecule has 0 amide bonds. The quantitative estimate of drug-likeness (QED) is 0.659. The lowest BCUT2D eigenvalue weighted by molar-refractivity contribution is -0.149. The van der Waals surface area contributed by atoms with E-state index in [2.05, 4.69) is 19.2 Å². The monoisotopic (exact) mass is 294 g/mol. The van der Waals surface area contributed by atoms with Crippen LogP contribution in [0.25, 0.3) is 0 Å². The van der Waals surface area contributed by atoms with E-state index in [1.54, 1.807) is 4.90 Å². The standard InChI is InChI=1S/C15H29F3N2/c1-4-9-20(12-15(16,17)18)11-14(5-2,6-3)10-19-13-7-8-13/h13,19H,4-12H2,1-3H3. The summed E-state index contributed by atoms with van der Waals surface area (Å²) in [4.78, 5) is 1.58. The van der Waals surface area contributed by atoms with Gasteiger partial charge in [-0.15, -0.1) is 0 Å². The van der Waals surface area contributed by atoms with Crippen molar-refractivity contribution in [1.82, 2.24) is 10.2 Å². The molecule has 0 aromatic heterocycles. The van der Waals surface area contributed by atoms with Gasteiger partial charge < -0.3 is 5.32 Å². The minimum absolute atomic E-state index is 0.0387. The maximum absolute atomic E-state index is 12.7. The Kier molecular flexibility index (Phi) is 6.79. The second-order valence-electron chi connectivity index (χ2n) is 6.19. The minimum atomic E-state index is -4.10. The van der Waals surface area contributed by atoms with Crippen LogP contribution >= 0.6 is 0 Å². The zero-order valence-corrected chi connectivity index (χ0v) is 13.0. The highest BCUT2D eigenvalue weighted by atomic mass is 19.4. The number of alkyl halides is 3. The molecule has 2 nitrogen and oxygen atoms in total. The molecule has 20 heavy (non-hydrogen) atoms. The van der Waals surface area contributed by atoms with E-state index in [0.29, 0.717) is 19.1 Å². The molecule has 5 heteroatoms. The molecule has 0 saturated heterocycles.